The summed E-state index contributed by atoms with van der Waals surface area (Å²) in [7, 11) is 1.36. The van der Waals surface area contributed by atoms with Gasteiger partial charge >= 0.3 is 5.97 Å². The number of carbonyl (C=O) groups is 2. The first-order valence-corrected chi connectivity index (χ1v) is 11.0. The van der Waals surface area contributed by atoms with Gasteiger partial charge in [0.1, 0.15) is 0 Å². The Hall–Kier alpha value is -3.66. The van der Waals surface area contributed by atoms with Gasteiger partial charge in [0.25, 0.3) is 0 Å². The van der Waals surface area contributed by atoms with Crippen molar-refractivity contribution in [1.82, 2.24) is 5.32 Å². The zero-order chi connectivity index (χ0) is 22.1. The molecule has 2 bridgehead atoms. The van der Waals surface area contributed by atoms with Crippen LogP contribution < -0.4 is 5.32 Å². The smallest absolute Gasteiger partial charge is 0.337 e. The first kappa shape index (κ1) is 20.3. The molecule has 32 heavy (non-hydrogen) atoms. The van der Waals surface area contributed by atoms with Gasteiger partial charge in [-0.1, -0.05) is 60.7 Å². The molecule has 1 atom stereocenters. The first-order valence-electron chi connectivity index (χ1n) is 11.0. The molecule has 3 aliphatic carbocycles. The highest BCUT2D eigenvalue weighted by Gasteiger charge is 2.42. The van der Waals surface area contributed by atoms with Gasteiger partial charge in [-0.15, -0.1) is 0 Å². The van der Waals surface area contributed by atoms with E-state index in [0.29, 0.717) is 29.9 Å². The van der Waals surface area contributed by atoms with E-state index in [1.807, 2.05) is 0 Å². The van der Waals surface area contributed by atoms with Crippen LogP contribution in [0, 0.1) is 5.92 Å². The van der Waals surface area contributed by atoms with Crippen LogP contribution in [0.2, 0.25) is 0 Å². The van der Waals surface area contributed by atoms with Crippen molar-refractivity contribution < 1.29 is 14.3 Å². The molecule has 1 amide bonds. The lowest BCUT2D eigenvalue weighted by molar-refractivity contribution is -0.116. The molecule has 160 valence electrons. The normalized spacial score (nSPS) is 20.5. The van der Waals surface area contributed by atoms with Gasteiger partial charge in [-0.05, 0) is 58.4 Å². The van der Waals surface area contributed by atoms with Crippen molar-refractivity contribution in [2.24, 2.45) is 5.92 Å². The average Bonchev–Trinajstić information content (AvgIpc) is 2.86. The lowest BCUT2D eigenvalue weighted by atomic mass is 9.59. The monoisotopic (exact) mass is 423 g/mol. The molecule has 0 radical (unpaired) electrons. The van der Waals surface area contributed by atoms with Crippen LogP contribution in [0.25, 0.3) is 6.08 Å². The van der Waals surface area contributed by atoms with Crippen molar-refractivity contribution in [1.29, 1.82) is 0 Å². The number of nitrogens with one attached hydrogen (secondary N) is 1. The quantitative estimate of drug-likeness (QED) is 0.469. The molecular formula is C28H25NO3. The van der Waals surface area contributed by atoms with Crippen LogP contribution >= 0.6 is 0 Å². The minimum atomic E-state index is -0.372. The second-order valence-corrected chi connectivity index (χ2v) is 8.48. The van der Waals surface area contributed by atoms with Crippen molar-refractivity contribution >= 4 is 18.0 Å². The molecule has 0 spiro atoms. The van der Waals surface area contributed by atoms with Gasteiger partial charge in [-0.2, -0.15) is 0 Å². The highest BCUT2D eigenvalue weighted by molar-refractivity contribution is 5.92. The molecule has 3 aromatic rings. The fourth-order valence-electron chi connectivity index (χ4n) is 5.27. The van der Waals surface area contributed by atoms with Crippen molar-refractivity contribution in [3.63, 3.8) is 0 Å². The van der Waals surface area contributed by atoms with E-state index in [0.717, 1.165) is 12.0 Å². The van der Waals surface area contributed by atoms with Gasteiger partial charge in [-0.3, -0.25) is 4.79 Å². The Morgan fingerprint density at radius 2 is 1.50 bits per heavy atom. The number of rotatable bonds is 5. The zero-order valence-corrected chi connectivity index (χ0v) is 18.0. The van der Waals surface area contributed by atoms with Crippen molar-refractivity contribution in [3.05, 3.63) is 112 Å². The third-order valence-corrected chi connectivity index (χ3v) is 6.72. The third kappa shape index (κ3) is 3.62. The minimum absolute atomic E-state index is 0.106. The van der Waals surface area contributed by atoms with Crippen LogP contribution in [0.1, 0.15) is 56.4 Å². The van der Waals surface area contributed by atoms with Gasteiger partial charge in [-0.25, -0.2) is 4.79 Å². The van der Waals surface area contributed by atoms with Gasteiger partial charge < -0.3 is 10.1 Å². The lowest BCUT2D eigenvalue weighted by Gasteiger charge is -2.45. The summed E-state index contributed by atoms with van der Waals surface area (Å²) in [6, 6.07) is 24.5. The number of esters is 1. The number of hydrogen-bond acceptors (Lipinski definition) is 3. The fraction of sp³-hybridized carbons (Fsp3) is 0.214. The Morgan fingerprint density at radius 1 is 0.906 bits per heavy atom. The number of hydrogen-bond donors (Lipinski definition) is 1. The molecule has 3 aliphatic rings. The minimum Gasteiger partial charge on any atom is -0.465 e. The molecule has 6 rings (SSSR count). The number of fused-ring (bicyclic) bond motifs is 1. The average molecular weight is 424 g/mol. The van der Waals surface area contributed by atoms with E-state index >= 15 is 0 Å². The maximum atomic E-state index is 12.5. The number of ether oxygens (including phenoxy) is 1. The molecule has 0 saturated heterocycles. The summed E-state index contributed by atoms with van der Waals surface area (Å²) in [5, 5.41) is 3.11. The largest absolute Gasteiger partial charge is 0.465 e. The number of amides is 1. The predicted molar refractivity (Wildman–Crippen MR) is 125 cm³/mol. The van der Waals surface area contributed by atoms with Gasteiger partial charge in [0.15, 0.2) is 0 Å². The molecule has 4 heteroatoms. The van der Waals surface area contributed by atoms with E-state index in [2.05, 4.69) is 53.8 Å². The van der Waals surface area contributed by atoms with Crippen LogP contribution in [-0.4, -0.2) is 25.5 Å². The number of methoxy groups -OCH3 is 1. The molecular weight excluding hydrogens is 398 g/mol. The second-order valence-electron chi connectivity index (χ2n) is 8.48. The summed E-state index contributed by atoms with van der Waals surface area (Å²) in [4.78, 5) is 24.0. The molecule has 0 aromatic heterocycles. The van der Waals surface area contributed by atoms with Crippen LogP contribution in [-0.2, 0) is 9.53 Å². The molecule has 3 aromatic carbocycles. The van der Waals surface area contributed by atoms with Crippen molar-refractivity contribution in [2.75, 3.05) is 13.7 Å². The zero-order valence-electron chi connectivity index (χ0n) is 18.0. The van der Waals surface area contributed by atoms with E-state index in [9.17, 15) is 9.59 Å². The maximum absolute atomic E-state index is 12.5. The SMILES string of the molecule is COC(=O)c1ccc(/C=C/C(=O)NCC2CC3c4ccccc4C2c2ccccc23)cc1. The van der Waals surface area contributed by atoms with E-state index in [1.165, 1.54) is 29.4 Å². The summed E-state index contributed by atoms with van der Waals surface area (Å²) in [5.74, 6) is 0.621. The topological polar surface area (TPSA) is 55.4 Å². The highest BCUT2D eigenvalue weighted by Crippen LogP contribution is 2.55. The maximum Gasteiger partial charge on any atom is 0.337 e. The molecule has 0 fully saturated rings. The van der Waals surface area contributed by atoms with E-state index in [-0.39, 0.29) is 11.9 Å². The van der Waals surface area contributed by atoms with E-state index in [4.69, 9.17) is 4.74 Å². The summed E-state index contributed by atoms with van der Waals surface area (Å²) < 4.78 is 4.71. The van der Waals surface area contributed by atoms with E-state index in [1.54, 1.807) is 36.4 Å². The van der Waals surface area contributed by atoms with Crippen LogP contribution in [0.3, 0.4) is 0 Å². The number of benzene rings is 3. The molecule has 0 heterocycles. The Kier molecular flexibility index (Phi) is 5.36. The standard InChI is InChI=1S/C28H25NO3/c1-32-28(31)19-13-10-18(11-14-19)12-15-26(30)29-17-20-16-25-21-6-2-4-8-23(21)27(20)24-9-5-3-7-22(24)25/h2-15,20,25,27H,16-17H2,1H3,(H,29,30)/b15-12+. The third-order valence-electron chi connectivity index (χ3n) is 6.72. The van der Waals surface area contributed by atoms with Crippen LogP contribution in [0.15, 0.2) is 78.9 Å². The predicted octanol–water partition coefficient (Wildman–Crippen LogP) is 4.90. The first-order chi connectivity index (χ1) is 15.7. The van der Waals surface area contributed by atoms with E-state index < -0.39 is 0 Å². The van der Waals surface area contributed by atoms with Gasteiger partial charge in [0.2, 0.25) is 5.91 Å². The van der Waals surface area contributed by atoms with Crippen molar-refractivity contribution in [3.8, 4) is 0 Å². The summed E-state index contributed by atoms with van der Waals surface area (Å²) in [6.07, 6.45) is 4.36. The van der Waals surface area contributed by atoms with Crippen molar-refractivity contribution in [2.45, 2.75) is 18.3 Å². The second kappa shape index (κ2) is 8.46. The Labute approximate surface area is 187 Å². The fourth-order valence-corrected chi connectivity index (χ4v) is 5.27. The molecule has 1 N–H and O–H groups in total. The van der Waals surface area contributed by atoms with Gasteiger partial charge in [0.05, 0.1) is 12.7 Å². The molecule has 0 saturated carbocycles. The van der Waals surface area contributed by atoms with Gasteiger partial charge in [0, 0.05) is 24.5 Å². The summed E-state index contributed by atoms with van der Waals surface area (Å²) in [6.45, 7) is 0.647. The summed E-state index contributed by atoms with van der Waals surface area (Å²) >= 11 is 0. The Balaban J connectivity index is 1.27. The lowest BCUT2D eigenvalue weighted by Crippen LogP contribution is -2.38. The summed E-state index contributed by atoms with van der Waals surface area (Å²) in [5.41, 5.74) is 7.03. The van der Waals surface area contributed by atoms with Crippen LogP contribution in [0.5, 0.6) is 0 Å². The number of carbonyl (C=O) groups excluding carboxylic acids is 2. The Morgan fingerprint density at radius 3 is 2.09 bits per heavy atom. The van der Waals surface area contributed by atoms with Crippen LogP contribution in [0.4, 0.5) is 0 Å². The molecule has 1 unspecified atom stereocenters. The Bertz CT molecular complexity index is 1150. The molecule has 0 aliphatic heterocycles. The highest BCUT2D eigenvalue weighted by atomic mass is 16.5. The molecule has 4 nitrogen and oxygen atoms in total.